The standard InChI is InChI=1S/C13H15F6NO/c1-8(21-2)6-20-7-9-3-10(12(14,15)16)5-11(4-9)13(17,18)19/h3-5,8,20H,6-7H2,1-2H3. The normalized spacial score (nSPS) is 14.3. The SMILES string of the molecule is COC(C)CNCc1cc(C(F)(F)F)cc(C(F)(F)F)c1. The van der Waals surface area contributed by atoms with Crippen LogP contribution >= 0.6 is 0 Å². The number of nitrogens with one attached hydrogen (secondary N) is 1. The summed E-state index contributed by atoms with van der Waals surface area (Å²) in [7, 11) is 1.46. The van der Waals surface area contributed by atoms with Crippen LogP contribution < -0.4 is 5.32 Å². The highest BCUT2D eigenvalue weighted by molar-refractivity contribution is 5.33. The summed E-state index contributed by atoms with van der Waals surface area (Å²) in [6, 6.07) is 1.53. The average Bonchev–Trinajstić information content (AvgIpc) is 2.36. The minimum Gasteiger partial charge on any atom is -0.380 e. The monoisotopic (exact) mass is 315 g/mol. The zero-order valence-electron chi connectivity index (χ0n) is 11.4. The van der Waals surface area contributed by atoms with Crippen molar-refractivity contribution in [3.05, 3.63) is 34.9 Å². The fourth-order valence-electron chi connectivity index (χ4n) is 1.62. The van der Waals surface area contributed by atoms with E-state index in [9.17, 15) is 26.3 Å². The van der Waals surface area contributed by atoms with Gasteiger partial charge in [-0.15, -0.1) is 0 Å². The van der Waals surface area contributed by atoms with Crippen LogP contribution in [0.5, 0.6) is 0 Å². The van der Waals surface area contributed by atoms with Crippen molar-refractivity contribution in [2.24, 2.45) is 0 Å². The fraction of sp³-hybridized carbons (Fsp3) is 0.538. The van der Waals surface area contributed by atoms with Gasteiger partial charge in [-0.1, -0.05) is 0 Å². The molecule has 1 N–H and O–H groups in total. The van der Waals surface area contributed by atoms with Crippen molar-refractivity contribution in [2.45, 2.75) is 31.9 Å². The summed E-state index contributed by atoms with van der Waals surface area (Å²) in [5, 5.41) is 2.75. The third kappa shape index (κ3) is 5.55. The number of ether oxygens (including phenoxy) is 1. The van der Waals surface area contributed by atoms with Crippen molar-refractivity contribution in [1.82, 2.24) is 5.32 Å². The molecule has 1 atom stereocenters. The lowest BCUT2D eigenvalue weighted by molar-refractivity contribution is -0.143. The number of rotatable bonds is 5. The maximum Gasteiger partial charge on any atom is 0.416 e. The van der Waals surface area contributed by atoms with Crippen LogP contribution in [-0.2, 0) is 23.6 Å². The molecule has 0 saturated heterocycles. The Kier molecular flexibility index (Phi) is 5.63. The Bertz CT molecular complexity index is 436. The summed E-state index contributed by atoms with van der Waals surface area (Å²) in [5.74, 6) is 0. The minimum atomic E-state index is -4.82. The molecule has 120 valence electrons. The van der Waals surface area contributed by atoms with E-state index >= 15 is 0 Å². The summed E-state index contributed by atoms with van der Waals surface area (Å²) in [4.78, 5) is 0. The molecule has 21 heavy (non-hydrogen) atoms. The fourth-order valence-corrected chi connectivity index (χ4v) is 1.62. The van der Waals surface area contributed by atoms with Gasteiger partial charge in [-0.05, 0) is 30.7 Å². The maximum absolute atomic E-state index is 12.6. The van der Waals surface area contributed by atoms with Gasteiger partial charge in [0.25, 0.3) is 0 Å². The lowest BCUT2D eigenvalue weighted by Gasteiger charge is -2.15. The first-order valence-corrected chi connectivity index (χ1v) is 6.06. The lowest BCUT2D eigenvalue weighted by atomic mass is 10.0. The van der Waals surface area contributed by atoms with Crippen LogP contribution in [0.4, 0.5) is 26.3 Å². The Balaban J connectivity index is 2.98. The van der Waals surface area contributed by atoms with E-state index in [4.69, 9.17) is 4.74 Å². The molecule has 1 unspecified atom stereocenters. The first-order chi connectivity index (χ1) is 9.54. The van der Waals surface area contributed by atoms with Crippen molar-refractivity contribution < 1.29 is 31.1 Å². The number of benzene rings is 1. The van der Waals surface area contributed by atoms with Crippen LogP contribution in [0.15, 0.2) is 18.2 Å². The van der Waals surface area contributed by atoms with Crippen molar-refractivity contribution in [1.29, 1.82) is 0 Å². The van der Waals surface area contributed by atoms with Crippen LogP contribution in [0.2, 0.25) is 0 Å². The number of alkyl halides is 6. The number of halogens is 6. The highest BCUT2D eigenvalue weighted by Gasteiger charge is 2.36. The van der Waals surface area contributed by atoms with Crippen molar-refractivity contribution >= 4 is 0 Å². The van der Waals surface area contributed by atoms with Gasteiger partial charge in [0.15, 0.2) is 0 Å². The lowest BCUT2D eigenvalue weighted by Crippen LogP contribution is -2.26. The molecule has 0 amide bonds. The van der Waals surface area contributed by atoms with Gasteiger partial charge in [0.05, 0.1) is 17.2 Å². The topological polar surface area (TPSA) is 21.3 Å². The van der Waals surface area contributed by atoms with E-state index in [-0.39, 0.29) is 24.3 Å². The summed E-state index contributed by atoms with van der Waals surface area (Å²) < 4.78 is 80.7. The van der Waals surface area contributed by atoms with Gasteiger partial charge in [-0.3, -0.25) is 0 Å². The van der Waals surface area contributed by atoms with Gasteiger partial charge in [-0.2, -0.15) is 26.3 Å². The Morgan fingerprint density at radius 1 is 1.00 bits per heavy atom. The Morgan fingerprint density at radius 2 is 1.48 bits per heavy atom. The molecule has 0 spiro atoms. The largest absolute Gasteiger partial charge is 0.416 e. The molecule has 1 aromatic rings. The second kappa shape index (κ2) is 6.65. The summed E-state index contributed by atoms with van der Waals surface area (Å²) in [6.07, 6.45) is -9.84. The molecule has 0 aromatic heterocycles. The highest BCUT2D eigenvalue weighted by atomic mass is 19.4. The molecule has 0 aliphatic rings. The van der Waals surface area contributed by atoms with Crippen LogP contribution in [0.1, 0.15) is 23.6 Å². The van der Waals surface area contributed by atoms with Gasteiger partial charge in [0, 0.05) is 20.2 Å². The zero-order chi connectivity index (χ0) is 16.3. The molecule has 1 rings (SSSR count). The summed E-state index contributed by atoms with van der Waals surface area (Å²) in [6.45, 7) is 1.93. The van der Waals surface area contributed by atoms with Crippen LogP contribution in [-0.4, -0.2) is 19.8 Å². The molecule has 0 heterocycles. The van der Waals surface area contributed by atoms with Gasteiger partial charge in [0.1, 0.15) is 0 Å². The molecule has 0 aliphatic carbocycles. The van der Waals surface area contributed by atoms with Gasteiger partial charge in [-0.25, -0.2) is 0 Å². The van der Waals surface area contributed by atoms with E-state index in [0.717, 1.165) is 0 Å². The van der Waals surface area contributed by atoms with E-state index in [1.807, 2.05) is 0 Å². The van der Waals surface area contributed by atoms with E-state index < -0.39 is 23.5 Å². The molecule has 2 nitrogen and oxygen atoms in total. The quantitative estimate of drug-likeness (QED) is 0.834. The zero-order valence-corrected chi connectivity index (χ0v) is 11.4. The maximum atomic E-state index is 12.6. The third-order valence-corrected chi connectivity index (χ3v) is 2.81. The predicted octanol–water partition coefficient (Wildman–Crippen LogP) is 3.85. The van der Waals surface area contributed by atoms with Crippen LogP contribution in [0.3, 0.4) is 0 Å². The highest BCUT2D eigenvalue weighted by Crippen LogP contribution is 2.36. The number of methoxy groups -OCH3 is 1. The van der Waals surface area contributed by atoms with Crippen LogP contribution in [0, 0.1) is 0 Å². The molecule has 1 aromatic carbocycles. The second-order valence-electron chi connectivity index (χ2n) is 4.59. The molecular formula is C13H15F6NO. The van der Waals surface area contributed by atoms with Gasteiger partial charge >= 0.3 is 12.4 Å². The van der Waals surface area contributed by atoms with E-state index in [1.54, 1.807) is 6.92 Å². The summed E-state index contributed by atoms with van der Waals surface area (Å²) in [5.41, 5.74) is -2.71. The van der Waals surface area contributed by atoms with Crippen molar-refractivity contribution in [3.63, 3.8) is 0 Å². The van der Waals surface area contributed by atoms with E-state index in [1.165, 1.54) is 7.11 Å². The molecule has 0 radical (unpaired) electrons. The first-order valence-electron chi connectivity index (χ1n) is 6.06. The Labute approximate surface area is 118 Å². The number of hydrogen-bond acceptors (Lipinski definition) is 2. The molecular weight excluding hydrogens is 300 g/mol. The minimum absolute atomic E-state index is 0.0829. The molecule has 0 fully saturated rings. The van der Waals surface area contributed by atoms with E-state index in [2.05, 4.69) is 5.32 Å². The molecule has 8 heteroatoms. The molecule has 0 aliphatic heterocycles. The van der Waals surface area contributed by atoms with Gasteiger partial charge in [0.2, 0.25) is 0 Å². The van der Waals surface area contributed by atoms with E-state index in [0.29, 0.717) is 18.7 Å². The Morgan fingerprint density at radius 3 is 1.86 bits per heavy atom. The van der Waals surface area contributed by atoms with Gasteiger partial charge < -0.3 is 10.1 Å². The average molecular weight is 315 g/mol. The Hall–Kier alpha value is -1.28. The molecule has 0 saturated carbocycles. The number of hydrogen-bond donors (Lipinski definition) is 1. The first kappa shape index (κ1) is 17.8. The second-order valence-corrected chi connectivity index (χ2v) is 4.59. The third-order valence-electron chi connectivity index (χ3n) is 2.81. The summed E-state index contributed by atoms with van der Waals surface area (Å²) >= 11 is 0. The smallest absolute Gasteiger partial charge is 0.380 e. The predicted molar refractivity (Wildman–Crippen MR) is 64.6 cm³/mol. The van der Waals surface area contributed by atoms with Crippen LogP contribution in [0.25, 0.3) is 0 Å². The van der Waals surface area contributed by atoms with Crippen molar-refractivity contribution in [3.8, 4) is 0 Å². The van der Waals surface area contributed by atoms with Crippen molar-refractivity contribution in [2.75, 3.05) is 13.7 Å². The molecule has 0 bridgehead atoms.